The van der Waals surface area contributed by atoms with Gasteiger partial charge in [-0.1, -0.05) is 0 Å². The second-order valence-electron chi connectivity index (χ2n) is 3.52. The predicted octanol–water partition coefficient (Wildman–Crippen LogP) is 0.510. The summed E-state index contributed by atoms with van der Waals surface area (Å²) in [6.45, 7) is 0. The smallest absolute Gasteiger partial charge is 0.335 e. The minimum Gasteiger partial charge on any atom is -0.478 e. The van der Waals surface area contributed by atoms with E-state index in [1.165, 1.54) is 12.4 Å². The lowest BCUT2D eigenvalue weighted by molar-refractivity contribution is 0.0696. The van der Waals surface area contributed by atoms with Crippen molar-refractivity contribution in [3.8, 4) is 0 Å². The number of aromatic nitrogens is 3. The van der Waals surface area contributed by atoms with E-state index in [9.17, 15) is 17.6 Å². The van der Waals surface area contributed by atoms with E-state index in [0.717, 1.165) is 12.1 Å². The third-order valence-corrected chi connectivity index (χ3v) is 3.54. The first kappa shape index (κ1) is 13.8. The van der Waals surface area contributed by atoms with Crippen molar-refractivity contribution in [2.45, 2.75) is 4.90 Å². The number of nitrogens with one attached hydrogen (secondary N) is 1. The van der Waals surface area contributed by atoms with Gasteiger partial charge in [-0.3, -0.25) is 0 Å². The van der Waals surface area contributed by atoms with E-state index >= 15 is 0 Å². The molecule has 1 aromatic heterocycles. The van der Waals surface area contributed by atoms with Crippen molar-refractivity contribution in [2.24, 2.45) is 0 Å². The van der Waals surface area contributed by atoms with Crippen LogP contribution in [0.5, 0.6) is 0 Å². The number of carbonyl (C=O) groups is 1. The summed E-state index contributed by atoms with van der Waals surface area (Å²) in [5.74, 6) is -2.88. The third-order valence-electron chi connectivity index (χ3n) is 2.18. The fraction of sp³-hybridized carbons (Fsp3) is 0. The molecule has 0 aliphatic carbocycles. The van der Waals surface area contributed by atoms with Crippen LogP contribution in [0.2, 0.25) is 0 Å². The van der Waals surface area contributed by atoms with E-state index in [1.807, 2.05) is 4.72 Å². The van der Waals surface area contributed by atoms with Crippen LogP contribution >= 0.6 is 0 Å². The molecule has 0 aliphatic rings. The molecular weight excluding hydrogens is 291 g/mol. The van der Waals surface area contributed by atoms with Crippen LogP contribution in [0.4, 0.5) is 10.3 Å². The Bertz CT molecular complexity index is 751. The van der Waals surface area contributed by atoms with Gasteiger partial charge in [-0.25, -0.2) is 27.3 Å². The third kappa shape index (κ3) is 2.85. The van der Waals surface area contributed by atoms with E-state index in [2.05, 4.69) is 15.2 Å². The maximum Gasteiger partial charge on any atom is 0.335 e. The van der Waals surface area contributed by atoms with Crippen molar-refractivity contribution < 1.29 is 22.7 Å². The SMILES string of the molecule is O=C(O)c1ccc(S(=O)(=O)Nc2nccnn2)c(F)c1. The monoisotopic (exact) mass is 298 g/mol. The largest absolute Gasteiger partial charge is 0.478 e. The van der Waals surface area contributed by atoms with Crippen molar-refractivity contribution in [3.05, 3.63) is 42.0 Å². The van der Waals surface area contributed by atoms with Gasteiger partial charge in [-0.05, 0) is 18.2 Å². The molecule has 2 aromatic rings. The lowest BCUT2D eigenvalue weighted by atomic mass is 10.2. The van der Waals surface area contributed by atoms with Gasteiger partial charge in [-0.2, -0.15) is 5.10 Å². The molecule has 2 N–H and O–H groups in total. The molecule has 0 atom stereocenters. The van der Waals surface area contributed by atoms with Crippen molar-refractivity contribution >= 4 is 21.9 Å². The fourth-order valence-electron chi connectivity index (χ4n) is 1.32. The quantitative estimate of drug-likeness (QED) is 0.843. The first-order valence-electron chi connectivity index (χ1n) is 5.09. The Morgan fingerprint density at radius 2 is 2.05 bits per heavy atom. The summed E-state index contributed by atoms with van der Waals surface area (Å²) < 4.78 is 39.4. The predicted molar refractivity (Wildman–Crippen MR) is 64.0 cm³/mol. The van der Waals surface area contributed by atoms with Crippen LogP contribution < -0.4 is 4.72 Å². The zero-order valence-electron chi connectivity index (χ0n) is 9.69. The van der Waals surface area contributed by atoms with Crippen LogP contribution in [0.25, 0.3) is 0 Å². The molecule has 20 heavy (non-hydrogen) atoms. The summed E-state index contributed by atoms with van der Waals surface area (Å²) >= 11 is 0. The molecule has 0 amide bonds. The highest BCUT2D eigenvalue weighted by atomic mass is 32.2. The number of carboxylic acids is 1. The molecule has 0 radical (unpaired) electrons. The Morgan fingerprint density at radius 3 is 2.60 bits per heavy atom. The van der Waals surface area contributed by atoms with Gasteiger partial charge in [0.25, 0.3) is 16.0 Å². The number of nitrogens with zero attached hydrogens (tertiary/aromatic N) is 3. The molecule has 0 spiro atoms. The normalized spacial score (nSPS) is 11.1. The average molecular weight is 298 g/mol. The molecule has 0 saturated heterocycles. The summed E-state index contributed by atoms with van der Waals surface area (Å²) in [6, 6.07) is 2.43. The number of sulfonamides is 1. The number of rotatable bonds is 4. The summed E-state index contributed by atoms with van der Waals surface area (Å²) in [5.41, 5.74) is -0.362. The Labute approximate surface area is 112 Å². The maximum atomic E-state index is 13.7. The lowest BCUT2D eigenvalue weighted by Crippen LogP contribution is -2.17. The average Bonchev–Trinajstić information content (AvgIpc) is 2.38. The molecule has 0 bridgehead atoms. The van der Waals surface area contributed by atoms with Crippen LogP contribution in [-0.4, -0.2) is 34.7 Å². The number of benzene rings is 1. The molecule has 104 valence electrons. The molecule has 1 aromatic carbocycles. The van der Waals surface area contributed by atoms with Gasteiger partial charge in [0.15, 0.2) is 0 Å². The Balaban J connectivity index is 2.37. The molecule has 1 heterocycles. The minimum absolute atomic E-state index is 0.325. The van der Waals surface area contributed by atoms with Gasteiger partial charge in [0, 0.05) is 0 Å². The van der Waals surface area contributed by atoms with E-state index in [-0.39, 0.29) is 11.5 Å². The van der Waals surface area contributed by atoms with Gasteiger partial charge in [0.1, 0.15) is 10.7 Å². The van der Waals surface area contributed by atoms with Crippen molar-refractivity contribution in [3.63, 3.8) is 0 Å². The Kier molecular flexibility index (Phi) is 3.57. The van der Waals surface area contributed by atoms with Gasteiger partial charge in [0.05, 0.1) is 18.0 Å². The highest BCUT2D eigenvalue weighted by Gasteiger charge is 2.21. The van der Waals surface area contributed by atoms with Gasteiger partial charge in [-0.15, -0.1) is 5.10 Å². The van der Waals surface area contributed by atoms with Crippen molar-refractivity contribution in [2.75, 3.05) is 4.72 Å². The number of aromatic carboxylic acids is 1. The topological polar surface area (TPSA) is 122 Å². The standard InChI is InChI=1S/C10H7FN4O4S/c11-7-5-6(9(16)17)1-2-8(7)20(18,19)15-10-12-3-4-13-14-10/h1-5H,(H,16,17)(H,12,14,15). The first-order valence-corrected chi connectivity index (χ1v) is 6.58. The van der Waals surface area contributed by atoms with Crippen LogP contribution in [0.15, 0.2) is 35.5 Å². The zero-order chi connectivity index (χ0) is 14.8. The number of carboxylic acid groups (broad SMARTS) is 1. The molecule has 0 unspecified atom stereocenters. The number of halogens is 1. The Morgan fingerprint density at radius 1 is 1.30 bits per heavy atom. The van der Waals surface area contributed by atoms with E-state index in [0.29, 0.717) is 6.07 Å². The summed E-state index contributed by atoms with van der Waals surface area (Å²) in [4.78, 5) is 13.5. The highest BCUT2D eigenvalue weighted by molar-refractivity contribution is 7.92. The zero-order valence-corrected chi connectivity index (χ0v) is 10.5. The maximum absolute atomic E-state index is 13.7. The van der Waals surface area contributed by atoms with Crippen molar-refractivity contribution in [1.82, 2.24) is 15.2 Å². The van der Waals surface area contributed by atoms with E-state index < -0.39 is 26.7 Å². The number of hydrogen-bond acceptors (Lipinski definition) is 6. The van der Waals surface area contributed by atoms with Crippen molar-refractivity contribution in [1.29, 1.82) is 0 Å². The lowest BCUT2D eigenvalue weighted by Gasteiger charge is -2.07. The number of anilines is 1. The molecule has 10 heteroatoms. The number of hydrogen-bond donors (Lipinski definition) is 2. The van der Waals surface area contributed by atoms with Crippen LogP contribution in [-0.2, 0) is 10.0 Å². The molecule has 8 nitrogen and oxygen atoms in total. The van der Waals surface area contributed by atoms with Gasteiger partial charge >= 0.3 is 5.97 Å². The van der Waals surface area contributed by atoms with Crippen LogP contribution in [0.3, 0.4) is 0 Å². The molecule has 2 rings (SSSR count). The summed E-state index contributed by atoms with van der Waals surface area (Å²) in [5, 5.41) is 15.5. The summed E-state index contributed by atoms with van der Waals surface area (Å²) in [7, 11) is -4.27. The van der Waals surface area contributed by atoms with Gasteiger partial charge < -0.3 is 5.11 Å². The fourth-order valence-corrected chi connectivity index (χ4v) is 2.33. The second-order valence-corrected chi connectivity index (χ2v) is 5.17. The minimum atomic E-state index is -4.27. The highest BCUT2D eigenvalue weighted by Crippen LogP contribution is 2.18. The molecule has 0 aliphatic heterocycles. The van der Waals surface area contributed by atoms with Crippen LogP contribution in [0.1, 0.15) is 10.4 Å². The first-order chi connectivity index (χ1) is 9.40. The molecular formula is C10H7FN4O4S. The van der Waals surface area contributed by atoms with E-state index in [1.54, 1.807) is 0 Å². The van der Waals surface area contributed by atoms with Gasteiger partial charge in [0.2, 0.25) is 0 Å². The van der Waals surface area contributed by atoms with E-state index in [4.69, 9.17) is 5.11 Å². The Hall–Kier alpha value is -2.62. The molecule has 0 saturated carbocycles. The summed E-state index contributed by atoms with van der Waals surface area (Å²) in [6.07, 6.45) is 2.44. The second kappa shape index (κ2) is 5.17. The van der Waals surface area contributed by atoms with Crippen LogP contribution in [0, 0.1) is 5.82 Å². The molecule has 0 fully saturated rings.